The molecule has 7 heteroatoms. The summed E-state index contributed by atoms with van der Waals surface area (Å²) in [5.74, 6) is -1.21. The van der Waals surface area contributed by atoms with E-state index >= 15 is 0 Å². The van der Waals surface area contributed by atoms with Gasteiger partial charge in [0.2, 0.25) is 5.91 Å². The molecule has 1 aromatic rings. The number of rotatable bonds is 7. The zero-order valence-electron chi connectivity index (χ0n) is 14.2. The molecular weight excluding hydrogens is 312 g/mol. The number of primary amides is 1. The minimum atomic E-state index is -0.999. The van der Waals surface area contributed by atoms with Crippen molar-refractivity contribution >= 4 is 18.0 Å². The highest BCUT2D eigenvalue weighted by atomic mass is 16.6. The lowest BCUT2D eigenvalue weighted by molar-refractivity contribution is -0.155. The van der Waals surface area contributed by atoms with E-state index < -0.39 is 29.6 Å². The summed E-state index contributed by atoms with van der Waals surface area (Å²) in [5.41, 5.74) is 5.45. The minimum absolute atomic E-state index is 0.0379. The molecule has 0 aliphatic carbocycles. The third-order valence-corrected chi connectivity index (χ3v) is 2.91. The van der Waals surface area contributed by atoms with Crippen LogP contribution >= 0.6 is 0 Å². The number of ether oxygens (including phenoxy) is 2. The molecule has 0 spiro atoms. The monoisotopic (exact) mass is 336 g/mol. The second-order valence-electron chi connectivity index (χ2n) is 6.29. The van der Waals surface area contributed by atoms with E-state index in [1.54, 1.807) is 32.9 Å². The van der Waals surface area contributed by atoms with Gasteiger partial charge in [0.15, 0.2) is 0 Å². The maximum absolute atomic E-state index is 11.7. The van der Waals surface area contributed by atoms with Gasteiger partial charge < -0.3 is 20.5 Å². The van der Waals surface area contributed by atoms with E-state index in [0.717, 1.165) is 5.56 Å². The van der Waals surface area contributed by atoms with E-state index in [0.29, 0.717) is 0 Å². The zero-order valence-corrected chi connectivity index (χ0v) is 14.2. The van der Waals surface area contributed by atoms with Crippen molar-refractivity contribution in [3.63, 3.8) is 0 Å². The van der Waals surface area contributed by atoms with Crippen molar-refractivity contribution in [2.45, 2.75) is 51.9 Å². The van der Waals surface area contributed by atoms with Gasteiger partial charge in [-0.3, -0.25) is 9.59 Å². The molecule has 0 fully saturated rings. The summed E-state index contributed by atoms with van der Waals surface area (Å²) < 4.78 is 10.2. The first kappa shape index (κ1) is 19.5. The summed E-state index contributed by atoms with van der Waals surface area (Å²) in [5, 5.41) is 2.36. The molecule has 0 saturated heterocycles. The van der Waals surface area contributed by atoms with Gasteiger partial charge in [0.25, 0.3) is 0 Å². The molecule has 1 rings (SSSR count). The van der Waals surface area contributed by atoms with Crippen LogP contribution in [0.4, 0.5) is 4.79 Å². The second-order valence-corrected chi connectivity index (χ2v) is 6.29. The molecule has 0 aliphatic rings. The molecule has 0 saturated carbocycles. The first-order chi connectivity index (χ1) is 11.2. The van der Waals surface area contributed by atoms with Gasteiger partial charge in [0.05, 0.1) is 0 Å². The summed E-state index contributed by atoms with van der Waals surface area (Å²) in [6, 6.07) is 8.11. The first-order valence-corrected chi connectivity index (χ1v) is 7.66. The van der Waals surface area contributed by atoms with Gasteiger partial charge in [-0.2, -0.15) is 0 Å². The van der Waals surface area contributed by atoms with E-state index in [1.807, 2.05) is 18.2 Å². The third-order valence-electron chi connectivity index (χ3n) is 2.91. The molecular formula is C17H24N2O5. The van der Waals surface area contributed by atoms with Crippen molar-refractivity contribution in [3.8, 4) is 0 Å². The van der Waals surface area contributed by atoms with Crippen molar-refractivity contribution in [1.29, 1.82) is 0 Å². The van der Waals surface area contributed by atoms with Crippen LogP contribution in [-0.4, -0.2) is 29.6 Å². The van der Waals surface area contributed by atoms with Crippen LogP contribution in [0.15, 0.2) is 30.3 Å². The van der Waals surface area contributed by atoms with Crippen LogP contribution in [0.3, 0.4) is 0 Å². The summed E-state index contributed by atoms with van der Waals surface area (Å²) in [6.45, 7) is 5.31. The van der Waals surface area contributed by atoms with Crippen LogP contribution < -0.4 is 11.1 Å². The molecule has 0 bridgehead atoms. The molecule has 3 N–H and O–H groups in total. The van der Waals surface area contributed by atoms with Crippen LogP contribution in [0.2, 0.25) is 0 Å². The average molecular weight is 336 g/mol. The van der Waals surface area contributed by atoms with Gasteiger partial charge in [-0.15, -0.1) is 0 Å². The minimum Gasteiger partial charge on any atom is -0.460 e. The van der Waals surface area contributed by atoms with Gasteiger partial charge in [-0.1, -0.05) is 30.3 Å². The van der Waals surface area contributed by atoms with Gasteiger partial charge in [0, 0.05) is 6.42 Å². The van der Waals surface area contributed by atoms with Crippen LogP contribution in [0.5, 0.6) is 0 Å². The van der Waals surface area contributed by atoms with Crippen LogP contribution in [0.25, 0.3) is 0 Å². The first-order valence-electron chi connectivity index (χ1n) is 7.66. The molecule has 1 atom stereocenters. The lowest BCUT2D eigenvalue weighted by atomic mass is 10.1. The topological polar surface area (TPSA) is 108 Å². The predicted molar refractivity (Wildman–Crippen MR) is 87.8 cm³/mol. The van der Waals surface area contributed by atoms with Gasteiger partial charge in [0.1, 0.15) is 18.2 Å². The van der Waals surface area contributed by atoms with Crippen LogP contribution in [-0.2, 0) is 25.7 Å². The normalized spacial score (nSPS) is 12.1. The second kappa shape index (κ2) is 8.90. The maximum atomic E-state index is 11.7. The number of esters is 1. The number of amides is 2. The highest BCUT2D eigenvalue weighted by Gasteiger charge is 2.22. The van der Waals surface area contributed by atoms with E-state index in [-0.39, 0.29) is 19.4 Å². The van der Waals surface area contributed by atoms with Crippen molar-refractivity contribution in [2.75, 3.05) is 0 Å². The third kappa shape index (κ3) is 8.17. The van der Waals surface area contributed by atoms with Gasteiger partial charge in [-0.25, -0.2) is 4.79 Å². The standard InChI is InChI=1S/C17H24N2O5/c1-17(2,3)24-14(20)10-9-13(15(18)21)19-16(22)23-11-12-7-5-4-6-8-12/h4-8,13H,9-11H2,1-3H3,(H2,18,21)(H,19,22)/t13-/m1/s1. The number of carbonyl (C=O) groups excluding carboxylic acids is 3. The van der Waals surface area contributed by atoms with Crippen molar-refractivity contribution in [1.82, 2.24) is 5.32 Å². The van der Waals surface area contributed by atoms with Crippen molar-refractivity contribution in [2.24, 2.45) is 5.73 Å². The fourth-order valence-electron chi connectivity index (χ4n) is 1.85. The Balaban J connectivity index is 2.43. The number of hydrogen-bond acceptors (Lipinski definition) is 5. The van der Waals surface area contributed by atoms with Crippen LogP contribution in [0.1, 0.15) is 39.2 Å². The Morgan fingerprint density at radius 3 is 2.33 bits per heavy atom. The molecule has 0 aromatic heterocycles. The Bertz CT molecular complexity index is 566. The van der Waals surface area contributed by atoms with E-state index in [4.69, 9.17) is 15.2 Å². The van der Waals surface area contributed by atoms with Crippen LogP contribution in [0, 0.1) is 0 Å². The Labute approximate surface area is 141 Å². The zero-order chi connectivity index (χ0) is 18.2. The lowest BCUT2D eigenvalue weighted by Gasteiger charge is -2.20. The number of nitrogens with two attached hydrogens (primary N) is 1. The number of carbonyl (C=O) groups is 3. The van der Waals surface area contributed by atoms with Crippen molar-refractivity contribution in [3.05, 3.63) is 35.9 Å². The van der Waals surface area contributed by atoms with E-state index in [2.05, 4.69) is 5.32 Å². The highest BCUT2D eigenvalue weighted by Crippen LogP contribution is 2.10. The summed E-state index contributed by atoms with van der Waals surface area (Å²) in [6.07, 6.45) is -0.763. The molecule has 2 amide bonds. The smallest absolute Gasteiger partial charge is 0.408 e. The summed E-state index contributed by atoms with van der Waals surface area (Å²) in [4.78, 5) is 34.8. The summed E-state index contributed by atoms with van der Waals surface area (Å²) in [7, 11) is 0. The number of hydrogen-bond donors (Lipinski definition) is 2. The lowest BCUT2D eigenvalue weighted by Crippen LogP contribution is -2.45. The number of benzene rings is 1. The molecule has 0 unspecified atom stereocenters. The quantitative estimate of drug-likeness (QED) is 0.739. The highest BCUT2D eigenvalue weighted by molar-refractivity contribution is 5.84. The molecule has 132 valence electrons. The summed E-state index contributed by atoms with van der Waals surface area (Å²) >= 11 is 0. The number of alkyl carbamates (subject to hydrolysis) is 1. The largest absolute Gasteiger partial charge is 0.460 e. The van der Waals surface area contributed by atoms with Crippen molar-refractivity contribution < 1.29 is 23.9 Å². The Hall–Kier alpha value is -2.57. The Kier molecular flexibility index (Phi) is 7.23. The van der Waals surface area contributed by atoms with Gasteiger partial charge in [-0.05, 0) is 32.8 Å². The fraction of sp³-hybridized carbons (Fsp3) is 0.471. The predicted octanol–water partition coefficient (Wildman–Crippen LogP) is 1.89. The average Bonchev–Trinajstić information content (AvgIpc) is 2.48. The molecule has 0 radical (unpaired) electrons. The van der Waals surface area contributed by atoms with E-state index in [1.165, 1.54) is 0 Å². The van der Waals surface area contributed by atoms with Gasteiger partial charge >= 0.3 is 12.1 Å². The SMILES string of the molecule is CC(C)(C)OC(=O)CC[C@@H](NC(=O)OCc1ccccc1)C(N)=O. The molecule has 24 heavy (non-hydrogen) atoms. The van der Waals surface area contributed by atoms with E-state index in [9.17, 15) is 14.4 Å². The molecule has 0 aliphatic heterocycles. The maximum Gasteiger partial charge on any atom is 0.408 e. The number of nitrogens with one attached hydrogen (secondary N) is 1. The molecule has 1 aromatic carbocycles. The fourth-order valence-corrected chi connectivity index (χ4v) is 1.85. The molecule has 0 heterocycles. The molecule has 7 nitrogen and oxygen atoms in total. The Morgan fingerprint density at radius 2 is 1.79 bits per heavy atom. The Morgan fingerprint density at radius 1 is 1.17 bits per heavy atom.